The van der Waals surface area contributed by atoms with Gasteiger partial charge < -0.3 is 0 Å². The van der Waals surface area contributed by atoms with Gasteiger partial charge in [-0.05, 0) is 70.5 Å². The van der Waals surface area contributed by atoms with Crippen LogP contribution in [0, 0.1) is 6.92 Å². The van der Waals surface area contributed by atoms with E-state index in [2.05, 4.69) is 88.4 Å². The van der Waals surface area contributed by atoms with E-state index in [-0.39, 0.29) is 5.41 Å². The van der Waals surface area contributed by atoms with Crippen LogP contribution in [-0.4, -0.2) is 4.98 Å². The zero-order valence-electron chi connectivity index (χ0n) is 18.1. The van der Waals surface area contributed by atoms with Gasteiger partial charge in [0, 0.05) is 36.8 Å². The van der Waals surface area contributed by atoms with Crippen molar-refractivity contribution in [3.8, 4) is 11.3 Å². The van der Waals surface area contributed by atoms with Crippen LogP contribution in [0.3, 0.4) is 0 Å². The normalized spacial score (nSPS) is 12.5. The molecule has 0 saturated carbocycles. The van der Waals surface area contributed by atoms with Crippen molar-refractivity contribution in [1.82, 2.24) is 4.98 Å². The number of hydrogen-bond acceptors (Lipinski definition) is 3. The number of hydrogen-bond donors (Lipinski definition) is 0. The van der Waals surface area contributed by atoms with E-state index in [9.17, 15) is 0 Å². The molecule has 0 N–H and O–H groups in total. The molecule has 3 aromatic carbocycles. The standard InChI is InChI=1S/C28H23NS2/c1-16-11-18-14-25-22(15-24(18)30-16)21-9-10-29-26(27(21)31-25)19-12-17-7-5-6-8-20(17)23(13-19)28(2,3)4/h5-15H,1-4H3. The summed E-state index contributed by atoms with van der Waals surface area (Å²) in [6.07, 6.45) is 1.97. The summed E-state index contributed by atoms with van der Waals surface area (Å²) < 4.78 is 3.98. The van der Waals surface area contributed by atoms with Crippen molar-refractivity contribution in [2.75, 3.05) is 0 Å². The van der Waals surface area contributed by atoms with E-state index in [0.717, 1.165) is 5.69 Å². The third-order valence-electron chi connectivity index (χ3n) is 6.09. The molecule has 0 fully saturated rings. The third kappa shape index (κ3) is 2.99. The maximum Gasteiger partial charge on any atom is 0.0880 e. The predicted octanol–water partition coefficient (Wildman–Crippen LogP) is 9.09. The van der Waals surface area contributed by atoms with Crippen molar-refractivity contribution in [1.29, 1.82) is 0 Å². The Morgan fingerprint density at radius 3 is 2.42 bits per heavy atom. The summed E-state index contributed by atoms with van der Waals surface area (Å²) in [6.45, 7) is 9.06. The van der Waals surface area contributed by atoms with Gasteiger partial charge in [0.15, 0.2) is 0 Å². The molecule has 6 rings (SSSR count). The minimum Gasteiger partial charge on any atom is -0.255 e. The van der Waals surface area contributed by atoms with Gasteiger partial charge in [-0.2, -0.15) is 0 Å². The summed E-state index contributed by atoms with van der Waals surface area (Å²) in [5.74, 6) is 0. The predicted molar refractivity (Wildman–Crippen MR) is 139 cm³/mol. The lowest BCUT2D eigenvalue weighted by molar-refractivity contribution is 0.596. The largest absolute Gasteiger partial charge is 0.255 e. The molecule has 0 unspecified atom stereocenters. The SMILES string of the molecule is Cc1cc2cc3sc4c(-c5cc(C(C)(C)C)c6ccccc6c5)nccc4c3cc2s1. The first-order chi connectivity index (χ1) is 14.9. The van der Waals surface area contributed by atoms with E-state index in [1.54, 1.807) is 0 Å². The molecule has 6 aromatic rings. The topological polar surface area (TPSA) is 12.9 Å². The minimum absolute atomic E-state index is 0.0614. The van der Waals surface area contributed by atoms with E-state index in [1.165, 1.54) is 57.0 Å². The van der Waals surface area contributed by atoms with Gasteiger partial charge in [0.05, 0.1) is 10.4 Å². The van der Waals surface area contributed by atoms with Crippen LogP contribution in [0.15, 0.2) is 66.9 Å². The first-order valence-corrected chi connectivity index (χ1v) is 12.3. The highest BCUT2D eigenvalue weighted by Crippen LogP contribution is 2.43. The van der Waals surface area contributed by atoms with Gasteiger partial charge >= 0.3 is 0 Å². The second-order valence-electron chi connectivity index (χ2n) is 9.38. The fourth-order valence-electron chi connectivity index (χ4n) is 4.64. The van der Waals surface area contributed by atoms with E-state index in [4.69, 9.17) is 4.98 Å². The highest BCUT2D eigenvalue weighted by atomic mass is 32.1. The average molecular weight is 438 g/mol. The Hall–Kier alpha value is -2.75. The van der Waals surface area contributed by atoms with Crippen LogP contribution in [0.5, 0.6) is 0 Å². The maximum atomic E-state index is 4.89. The Bertz CT molecular complexity index is 1630. The Morgan fingerprint density at radius 1 is 0.742 bits per heavy atom. The number of rotatable bonds is 1. The Labute approximate surface area is 190 Å². The fourth-order valence-corrected chi connectivity index (χ4v) is 6.83. The molecular weight excluding hydrogens is 414 g/mol. The number of aromatic nitrogens is 1. The molecular formula is C28H23NS2. The smallest absolute Gasteiger partial charge is 0.0880 e. The van der Waals surface area contributed by atoms with Gasteiger partial charge in [-0.1, -0.05) is 45.0 Å². The summed E-state index contributed by atoms with van der Waals surface area (Å²) in [5, 5.41) is 6.61. The first kappa shape index (κ1) is 19.0. The van der Waals surface area contributed by atoms with Crippen molar-refractivity contribution in [3.63, 3.8) is 0 Å². The van der Waals surface area contributed by atoms with E-state index < -0.39 is 0 Å². The van der Waals surface area contributed by atoms with Crippen molar-refractivity contribution in [2.45, 2.75) is 33.1 Å². The Kier molecular flexibility index (Phi) is 4.05. The lowest BCUT2D eigenvalue weighted by Crippen LogP contribution is -2.12. The van der Waals surface area contributed by atoms with Crippen LogP contribution in [-0.2, 0) is 5.41 Å². The van der Waals surface area contributed by atoms with Gasteiger partial charge in [0.25, 0.3) is 0 Å². The average Bonchev–Trinajstić information content (AvgIpc) is 3.28. The van der Waals surface area contributed by atoms with E-state index >= 15 is 0 Å². The minimum atomic E-state index is 0.0614. The molecule has 0 aliphatic heterocycles. The lowest BCUT2D eigenvalue weighted by Gasteiger charge is -2.22. The molecule has 1 nitrogen and oxygen atoms in total. The fraction of sp³-hybridized carbons (Fsp3) is 0.179. The monoisotopic (exact) mass is 437 g/mol. The van der Waals surface area contributed by atoms with E-state index in [1.807, 2.05) is 28.9 Å². The van der Waals surface area contributed by atoms with Gasteiger partial charge in [0.1, 0.15) is 0 Å². The van der Waals surface area contributed by atoms with Gasteiger partial charge in [-0.3, -0.25) is 4.98 Å². The zero-order valence-corrected chi connectivity index (χ0v) is 19.7. The van der Waals surface area contributed by atoms with Gasteiger partial charge in [0.2, 0.25) is 0 Å². The molecule has 0 bridgehead atoms. The van der Waals surface area contributed by atoms with Crippen LogP contribution < -0.4 is 0 Å². The maximum absolute atomic E-state index is 4.89. The highest BCUT2D eigenvalue weighted by Gasteiger charge is 2.20. The van der Waals surface area contributed by atoms with Crippen molar-refractivity contribution >= 4 is 63.7 Å². The number of nitrogens with zero attached hydrogens (tertiary/aromatic N) is 1. The van der Waals surface area contributed by atoms with Crippen molar-refractivity contribution in [2.24, 2.45) is 0 Å². The highest BCUT2D eigenvalue weighted by molar-refractivity contribution is 7.26. The molecule has 0 aliphatic rings. The molecule has 3 heterocycles. The summed E-state index contributed by atoms with van der Waals surface area (Å²) in [7, 11) is 0. The van der Waals surface area contributed by atoms with Crippen molar-refractivity contribution < 1.29 is 0 Å². The Balaban J connectivity index is 1.67. The third-order valence-corrected chi connectivity index (χ3v) is 8.28. The van der Waals surface area contributed by atoms with Gasteiger partial charge in [-0.15, -0.1) is 22.7 Å². The molecule has 31 heavy (non-hydrogen) atoms. The second-order valence-corrected chi connectivity index (χ2v) is 11.7. The van der Waals surface area contributed by atoms with Gasteiger partial charge in [-0.25, -0.2) is 0 Å². The molecule has 0 aliphatic carbocycles. The molecule has 0 atom stereocenters. The molecule has 0 radical (unpaired) electrons. The summed E-state index contributed by atoms with van der Waals surface area (Å²) >= 11 is 3.74. The Morgan fingerprint density at radius 2 is 1.58 bits per heavy atom. The number of benzene rings is 3. The molecule has 0 saturated heterocycles. The van der Waals surface area contributed by atoms with Crippen LogP contribution in [0.4, 0.5) is 0 Å². The quantitative estimate of drug-likeness (QED) is 0.250. The molecule has 0 amide bonds. The first-order valence-electron chi connectivity index (χ1n) is 10.6. The summed E-state index contributed by atoms with van der Waals surface area (Å²) in [6, 6.07) is 22.6. The number of pyridine rings is 1. The summed E-state index contributed by atoms with van der Waals surface area (Å²) in [4.78, 5) is 6.25. The van der Waals surface area contributed by atoms with Crippen LogP contribution >= 0.6 is 22.7 Å². The van der Waals surface area contributed by atoms with Crippen LogP contribution in [0.25, 0.3) is 52.3 Å². The number of thiophene rings is 2. The molecule has 3 aromatic heterocycles. The van der Waals surface area contributed by atoms with E-state index in [0.29, 0.717) is 0 Å². The van der Waals surface area contributed by atoms with Crippen LogP contribution in [0.1, 0.15) is 31.2 Å². The van der Waals surface area contributed by atoms with Crippen LogP contribution in [0.2, 0.25) is 0 Å². The number of aryl methyl sites for hydroxylation is 1. The zero-order chi connectivity index (χ0) is 21.3. The molecule has 152 valence electrons. The van der Waals surface area contributed by atoms with Crippen molar-refractivity contribution in [3.05, 3.63) is 77.3 Å². The molecule has 3 heteroatoms. The second kappa shape index (κ2) is 6.62. The number of fused-ring (bicyclic) bond motifs is 5. The lowest BCUT2D eigenvalue weighted by atomic mass is 9.82. The molecule has 0 spiro atoms. The summed E-state index contributed by atoms with van der Waals surface area (Å²) in [5.41, 5.74) is 3.73.